The van der Waals surface area contributed by atoms with Crippen molar-refractivity contribution in [3.8, 4) is 0 Å². The highest BCUT2D eigenvalue weighted by Gasteiger charge is 2.34. The number of ether oxygens (including phenoxy) is 1. The molecule has 3 heteroatoms. The van der Waals surface area contributed by atoms with Crippen LogP contribution >= 0.6 is 0 Å². The molecular weight excluding hydrogens is 248 g/mol. The van der Waals surface area contributed by atoms with Gasteiger partial charge in [0.25, 0.3) is 0 Å². The summed E-state index contributed by atoms with van der Waals surface area (Å²) >= 11 is 0. The van der Waals surface area contributed by atoms with Crippen LogP contribution in [0.25, 0.3) is 0 Å². The second-order valence-electron chi connectivity index (χ2n) is 7.19. The Kier molecular flexibility index (Phi) is 6.79. The molecule has 1 saturated heterocycles. The molecule has 3 nitrogen and oxygen atoms in total. The first-order chi connectivity index (χ1) is 9.70. The van der Waals surface area contributed by atoms with E-state index in [0.717, 1.165) is 25.7 Å². The fraction of sp³-hybridized carbons (Fsp3) is 1.00. The molecule has 2 fully saturated rings. The predicted octanol–water partition coefficient (Wildman–Crippen LogP) is 3.05. The summed E-state index contributed by atoms with van der Waals surface area (Å²) in [5.74, 6) is 0.753. The summed E-state index contributed by atoms with van der Waals surface area (Å²) in [5, 5.41) is 3.86. The van der Waals surface area contributed by atoms with Gasteiger partial charge < -0.3 is 10.1 Å². The topological polar surface area (TPSA) is 24.5 Å². The summed E-state index contributed by atoms with van der Waals surface area (Å²) in [7, 11) is 0. The summed E-state index contributed by atoms with van der Waals surface area (Å²) in [6, 6.07) is 0. The molecule has 0 aromatic carbocycles. The van der Waals surface area contributed by atoms with Crippen molar-refractivity contribution in [1.82, 2.24) is 10.2 Å². The molecule has 1 saturated carbocycles. The smallest absolute Gasteiger partial charge is 0.0593 e. The van der Waals surface area contributed by atoms with Gasteiger partial charge in [-0.1, -0.05) is 33.1 Å². The largest absolute Gasteiger partial charge is 0.380 e. The van der Waals surface area contributed by atoms with E-state index < -0.39 is 0 Å². The third-order valence-electron chi connectivity index (χ3n) is 4.88. The lowest BCUT2D eigenvalue weighted by molar-refractivity contribution is 0.0838. The van der Waals surface area contributed by atoms with Crippen LogP contribution in [0.5, 0.6) is 0 Å². The van der Waals surface area contributed by atoms with E-state index >= 15 is 0 Å². The molecule has 0 amide bonds. The van der Waals surface area contributed by atoms with Gasteiger partial charge in [0.15, 0.2) is 0 Å². The molecule has 0 aromatic heterocycles. The molecule has 1 heterocycles. The van der Waals surface area contributed by atoms with Gasteiger partial charge in [-0.15, -0.1) is 0 Å². The Balaban J connectivity index is 1.70. The highest BCUT2D eigenvalue weighted by atomic mass is 16.5. The molecule has 0 aromatic rings. The Morgan fingerprint density at radius 2 is 1.90 bits per heavy atom. The first-order valence-electron chi connectivity index (χ1n) is 8.75. The van der Waals surface area contributed by atoms with Gasteiger partial charge in [-0.05, 0) is 44.7 Å². The van der Waals surface area contributed by atoms with E-state index in [4.69, 9.17) is 4.74 Å². The number of nitrogens with zero attached hydrogens (tertiary/aromatic N) is 1. The molecule has 2 aliphatic rings. The molecule has 2 rings (SSSR count). The van der Waals surface area contributed by atoms with Crippen molar-refractivity contribution in [2.75, 3.05) is 39.4 Å². The highest BCUT2D eigenvalue weighted by molar-refractivity contribution is 4.95. The first kappa shape index (κ1) is 16.3. The Labute approximate surface area is 125 Å². The number of hydrogen-bond acceptors (Lipinski definition) is 3. The van der Waals surface area contributed by atoms with Crippen LogP contribution in [0.4, 0.5) is 0 Å². The molecule has 0 bridgehead atoms. The molecule has 1 N–H and O–H groups in total. The van der Waals surface area contributed by atoms with Crippen LogP contribution in [0.1, 0.15) is 58.8 Å². The lowest BCUT2D eigenvalue weighted by Gasteiger charge is -2.40. The minimum atomic E-state index is 0.423. The van der Waals surface area contributed by atoms with Crippen LogP contribution in [0.2, 0.25) is 0 Å². The summed E-state index contributed by atoms with van der Waals surface area (Å²) < 4.78 is 5.80. The molecule has 0 unspecified atom stereocenters. The third kappa shape index (κ3) is 5.34. The van der Waals surface area contributed by atoms with Gasteiger partial charge in [0.2, 0.25) is 0 Å². The van der Waals surface area contributed by atoms with E-state index in [-0.39, 0.29) is 0 Å². The van der Waals surface area contributed by atoms with Gasteiger partial charge in [0, 0.05) is 25.2 Å². The van der Waals surface area contributed by atoms with E-state index in [1.165, 1.54) is 64.6 Å². The average molecular weight is 282 g/mol. The SMILES string of the molecule is CC(C)CCOCCN1CCCNC2(CCCCC2)C1. The average Bonchev–Trinajstić information content (AvgIpc) is 2.62. The molecular formula is C17H34N2O. The molecule has 1 spiro atoms. The zero-order valence-corrected chi connectivity index (χ0v) is 13.6. The lowest BCUT2D eigenvalue weighted by atomic mass is 9.81. The number of hydrogen-bond donors (Lipinski definition) is 1. The Morgan fingerprint density at radius 3 is 2.65 bits per heavy atom. The maximum Gasteiger partial charge on any atom is 0.0593 e. The predicted molar refractivity (Wildman–Crippen MR) is 85.1 cm³/mol. The van der Waals surface area contributed by atoms with Crippen molar-refractivity contribution in [2.24, 2.45) is 5.92 Å². The summed E-state index contributed by atoms with van der Waals surface area (Å²) in [6.45, 7) is 11.1. The van der Waals surface area contributed by atoms with Crippen molar-refractivity contribution in [2.45, 2.75) is 64.3 Å². The van der Waals surface area contributed by atoms with Crippen LogP contribution in [0.3, 0.4) is 0 Å². The van der Waals surface area contributed by atoms with Gasteiger partial charge >= 0.3 is 0 Å². The van der Waals surface area contributed by atoms with Gasteiger partial charge in [0.05, 0.1) is 6.61 Å². The standard InChI is InChI=1S/C17H34N2O/c1-16(2)7-13-20-14-12-19-11-6-10-18-17(15-19)8-4-3-5-9-17/h16,18H,3-15H2,1-2H3. The maximum atomic E-state index is 5.80. The van der Waals surface area contributed by atoms with Crippen LogP contribution in [0.15, 0.2) is 0 Å². The Hall–Kier alpha value is -0.120. The zero-order valence-electron chi connectivity index (χ0n) is 13.6. The molecule has 0 radical (unpaired) electrons. The van der Waals surface area contributed by atoms with Gasteiger partial charge in [-0.2, -0.15) is 0 Å². The van der Waals surface area contributed by atoms with E-state index in [1.54, 1.807) is 0 Å². The molecule has 118 valence electrons. The van der Waals surface area contributed by atoms with Crippen LogP contribution in [-0.4, -0.2) is 49.8 Å². The van der Waals surface area contributed by atoms with Crippen molar-refractivity contribution < 1.29 is 4.74 Å². The second kappa shape index (κ2) is 8.35. The van der Waals surface area contributed by atoms with Crippen molar-refractivity contribution in [1.29, 1.82) is 0 Å². The minimum absolute atomic E-state index is 0.423. The van der Waals surface area contributed by atoms with Gasteiger partial charge in [-0.3, -0.25) is 4.90 Å². The summed E-state index contributed by atoms with van der Waals surface area (Å²) in [6.07, 6.45) is 9.47. The monoisotopic (exact) mass is 282 g/mol. The second-order valence-corrected chi connectivity index (χ2v) is 7.19. The maximum absolute atomic E-state index is 5.80. The molecule has 1 aliphatic carbocycles. The zero-order chi connectivity index (χ0) is 14.3. The number of rotatable bonds is 6. The number of nitrogens with one attached hydrogen (secondary N) is 1. The van der Waals surface area contributed by atoms with E-state index in [0.29, 0.717) is 5.54 Å². The highest BCUT2D eigenvalue weighted by Crippen LogP contribution is 2.30. The van der Waals surface area contributed by atoms with Crippen molar-refractivity contribution in [3.63, 3.8) is 0 Å². The van der Waals surface area contributed by atoms with Gasteiger partial charge in [-0.25, -0.2) is 0 Å². The molecule has 0 atom stereocenters. The van der Waals surface area contributed by atoms with Crippen molar-refractivity contribution >= 4 is 0 Å². The normalized spacial score (nSPS) is 24.1. The van der Waals surface area contributed by atoms with Crippen LogP contribution in [-0.2, 0) is 4.74 Å². The summed E-state index contributed by atoms with van der Waals surface area (Å²) in [4.78, 5) is 2.64. The first-order valence-corrected chi connectivity index (χ1v) is 8.75. The van der Waals surface area contributed by atoms with Gasteiger partial charge in [0.1, 0.15) is 0 Å². The van der Waals surface area contributed by atoms with E-state index in [1.807, 2.05) is 0 Å². The molecule has 1 aliphatic heterocycles. The molecule has 20 heavy (non-hydrogen) atoms. The fourth-order valence-electron chi connectivity index (χ4n) is 3.59. The fourth-order valence-corrected chi connectivity index (χ4v) is 3.59. The van der Waals surface area contributed by atoms with Crippen LogP contribution in [0, 0.1) is 5.92 Å². The van der Waals surface area contributed by atoms with Crippen LogP contribution < -0.4 is 5.32 Å². The van der Waals surface area contributed by atoms with E-state index in [2.05, 4.69) is 24.1 Å². The Bertz CT molecular complexity index is 262. The third-order valence-corrected chi connectivity index (χ3v) is 4.88. The Morgan fingerprint density at radius 1 is 1.10 bits per heavy atom. The lowest BCUT2D eigenvalue weighted by Crippen LogP contribution is -2.53. The quantitative estimate of drug-likeness (QED) is 0.758. The minimum Gasteiger partial charge on any atom is -0.380 e. The van der Waals surface area contributed by atoms with E-state index in [9.17, 15) is 0 Å². The van der Waals surface area contributed by atoms with Crippen molar-refractivity contribution in [3.05, 3.63) is 0 Å². The summed E-state index contributed by atoms with van der Waals surface area (Å²) in [5.41, 5.74) is 0.423.